The molecule has 0 spiro atoms. The van der Waals surface area contributed by atoms with Crippen LogP contribution in [-0.2, 0) is 6.54 Å². The number of nitrogens with zero attached hydrogens (tertiary/aromatic N) is 1. The van der Waals surface area contributed by atoms with Gasteiger partial charge in [-0.05, 0) is 29.8 Å². The molecule has 3 rings (SSSR count). The Morgan fingerprint density at radius 3 is 2.68 bits per heavy atom. The lowest BCUT2D eigenvalue weighted by Gasteiger charge is -2.01. The standard InChI is InChI=1S/C17H14ClN/c18-16-8-9-17-15(13-16)10-12-19(17)11-4-7-14-5-2-1-3-6-14/h1-10,12-13H,11H2/b7-4+. The highest BCUT2D eigenvalue weighted by Crippen LogP contribution is 2.20. The summed E-state index contributed by atoms with van der Waals surface area (Å²) < 4.78 is 2.21. The molecule has 19 heavy (non-hydrogen) atoms. The molecule has 2 aromatic carbocycles. The third-order valence-electron chi connectivity index (χ3n) is 3.15. The number of hydrogen-bond acceptors (Lipinski definition) is 0. The summed E-state index contributed by atoms with van der Waals surface area (Å²) in [6.45, 7) is 0.861. The normalized spacial score (nSPS) is 11.4. The minimum atomic E-state index is 0.782. The van der Waals surface area contributed by atoms with Crippen LogP contribution in [0.4, 0.5) is 0 Å². The van der Waals surface area contributed by atoms with E-state index in [0.29, 0.717) is 0 Å². The predicted molar refractivity (Wildman–Crippen MR) is 82.4 cm³/mol. The summed E-state index contributed by atoms with van der Waals surface area (Å²) in [4.78, 5) is 0. The molecule has 0 atom stereocenters. The molecule has 1 heterocycles. The molecule has 0 unspecified atom stereocenters. The highest BCUT2D eigenvalue weighted by molar-refractivity contribution is 6.31. The molecule has 3 aromatic rings. The van der Waals surface area contributed by atoms with Crippen LogP contribution in [0.1, 0.15) is 5.56 Å². The highest BCUT2D eigenvalue weighted by atomic mass is 35.5. The van der Waals surface area contributed by atoms with E-state index in [1.54, 1.807) is 0 Å². The number of halogens is 1. The van der Waals surface area contributed by atoms with Crippen molar-refractivity contribution < 1.29 is 0 Å². The maximum absolute atomic E-state index is 5.99. The van der Waals surface area contributed by atoms with E-state index in [9.17, 15) is 0 Å². The average Bonchev–Trinajstić information content (AvgIpc) is 2.82. The molecule has 0 fully saturated rings. The fraction of sp³-hybridized carbons (Fsp3) is 0.0588. The third-order valence-corrected chi connectivity index (χ3v) is 3.38. The van der Waals surface area contributed by atoms with Crippen molar-refractivity contribution in [3.63, 3.8) is 0 Å². The molecular formula is C17H14ClN. The van der Waals surface area contributed by atoms with Gasteiger partial charge >= 0.3 is 0 Å². The average molecular weight is 268 g/mol. The summed E-state index contributed by atoms with van der Waals surface area (Å²) >= 11 is 5.99. The molecular weight excluding hydrogens is 254 g/mol. The van der Waals surface area contributed by atoms with Crippen LogP contribution in [-0.4, -0.2) is 4.57 Å². The SMILES string of the molecule is Clc1ccc2c(ccn2C/C=C/c2ccccc2)c1. The van der Waals surface area contributed by atoms with E-state index < -0.39 is 0 Å². The summed E-state index contributed by atoms with van der Waals surface area (Å²) in [5.74, 6) is 0. The van der Waals surface area contributed by atoms with Crippen LogP contribution >= 0.6 is 11.6 Å². The number of fused-ring (bicyclic) bond motifs is 1. The summed E-state index contributed by atoms with van der Waals surface area (Å²) in [6.07, 6.45) is 6.40. The maximum Gasteiger partial charge on any atom is 0.0484 e. The van der Waals surface area contributed by atoms with Gasteiger partial charge in [-0.1, -0.05) is 54.1 Å². The largest absolute Gasteiger partial charge is 0.344 e. The Kier molecular flexibility index (Phi) is 3.39. The zero-order chi connectivity index (χ0) is 13.1. The summed E-state index contributed by atoms with van der Waals surface area (Å²) in [5.41, 5.74) is 2.43. The van der Waals surface area contributed by atoms with Crippen molar-refractivity contribution in [1.29, 1.82) is 0 Å². The van der Waals surface area contributed by atoms with Gasteiger partial charge < -0.3 is 4.57 Å². The summed E-state index contributed by atoms with van der Waals surface area (Å²) in [6, 6.07) is 18.4. The van der Waals surface area contributed by atoms with Gasteiger partial charge in [0.15, 0.2) is 0 Å². The Hall–Kier alpha value is -1.99. The van der Waals surface area contributed by atoms with Crippen molar-refractivity contribution >= 4 is 28.6 Å². The van der Waals surface area contributed by atoms with E-state index in [4.69, 9.17) is 11.6 Å². The van der Waals surface area contributed by atoms with Crippen LogP contribution in [0.5, 0.6) is 0 Å². The van der Waals surface area contributed by atoms with Gasteiger partial charge in [-0.15, -0.1) is 0 Å². The van der Waals surface area contributed by atoms with E-state index in [-0.39, 0.29) is 0 Å². The molecule has 0 amide bonds. The minimum Gasteiger partial charge on any atom is -0.344 e. The molecule has 1 aromatic heterocycles. The first-order valence-electron chi connectivity index (χ1n) is 6.29. The van der Waals surface area contributed by atoms with Gasteiger partial charge in [0, 0.05) is 28.7 Å². The van der Waals surface area contributed by atoms with E-state index in [1.165, 1.54) is 16.5 Å². The lowest BCUT2D eigenvalue weighted by molar-refractivity contribution is 0.866. The number of benzene rings is 2. The molecule has 2 heteroatoms. The third kappa shape index (κ3) is 2.72. The van der Waals surface area contributed by atoms with Crippen LogP contribution in [0.3, 0.4) is 0 Å². The van der Waals surface area contributed by atoms with Crippen LogP contribution < -0.4 is 0 Å². The Balaban J connectivity index is 1.81. The number of hydrogen-bond donors (Lipinski definition) is 0. The van der Waals surface area contributed by atoms with Crippen molar-refractivity contribution in [2.24, 2.45) is 0 Å². The molecule has 1 nitrogen and oxygen atoms in total. The van der Waals surface area contributed by atoms with Gasteiger partial charge in [0.2, 0.25) is 0 Å². The number of aromatic nitrogens is 1. The van der Waals surface area contributed by atoms with Gasteiger partial charge in [-0.2, -0.15) is 0 Å². The predicted octanol–water partition coefficient (Wildman–Crippen LogP) is 5.01. The lowest BCUT2D eigenvalue weighted by atomic mass is 10.2. The minimum absolute atomic E-state index is 0.782. The molecule has 0 aliphatic rings. The Bertz CT molecular complexity index is 710. The lowest BCUT2D eigenvalue weighted by Crippen LogP contribution is -1.91. The Labute approximate surface area is 117 Å². The molecule has 0 saturated carbocycles. The first kappa shape index (κ1) is 12.1. The highest BCUT2D eigenvalue weighted by Gasteiger charge is 1.99. The fourth-order valence-electron chi connectivity index (χ4n) is 2.20. The second kappa shape index (κ2) is 5.33. The molecule has 0 bridgehead atoms. The van der Waals surface area contributed by atoms with E-state index in [1.807, 2.05) is 30.3 Å². The smallest absolute Gasteiger partial charge is 0.0484 e. The van der Waals surface area contributed by atoms with Gasteiger partial charge in [-0.25, -0.2) is 0 Å². The van der Waals surface area contributed by atoms with Crippen molar-refractivity contribution in [1.82, 2.24) is 4.57 Å². The van der Waals surface area contributed by atoms with E-state index in [2.05, 4.69) is 47.2 Å². The van der Waals surface area contributed by atoms with Crippen LogP contribution in [0.2, 0.25) is 5.02 Å². The van der Waals surface area contributed by atoms with Crippen molar-refractivity contribution in [2.45, 2.75) is 6.54 Å². The second-order valence-corrected chi connectivity index (χ2v) is 4.92. The number of rotatable bonds is 3. The van der Waals surface area contributed by atoms with Gasteiger partial charge in [0.05, 0.1) is 0 Å². The molecule has 0 radical (unpaired) electrons. The fourth-order valence-corrected chi connectivity index (χ4v) is 2.38. The Morgan fingerprint density at radius 2 is 1.84 bits per heavy atom. The molecule has 0 saturated heterocycles. The molecule has 0 aliphatic carbocycles. The van der Waals surface area contributed by atoms with E-state index >= 15 is 0 Å². The van der Waals surface area contributed by atoms with E-state index in [0.717, 1.165) is 11.6 Å². The zero-order valence-corrected chi connectivity index (χ0v) is 11.2. The summed E-state index contributed by atoms with van der Waals surface area (Å²) in [5, 5.41) is 1.96. The van der Waals surface area contributed by atoms with Crippen LogP contribution in [0, 0.1) is 0 Å². The molecule has 0 aliphatic heterocycles. The van der Waals surface area contributed by atoms with Crippen LogP contribution in [0.25, 0.3) is 17.0 Å². The maximum atomic E-state index is 5.99. The Morgan fingerprint density at radius 1 is 1.00 bits per heavy atom. The monoisotopic (exact) mass is 267 g/mol. The zero-order valence-electron chi connectivity index (χ0n) is 10.5. The number of allylic oxidation sites excluding steroid dienone is 1. The first-order valence-corrected chi connectivity index (χ1v) is 6.67. The molecule has 94 valence electrons. The van der Waals surface area contributed by atoms with Crippen molar-refractivity contribution in [3.8, 4) is 0 Å². The van der Waals surface area contributed by atoms with Crippen molar-refractivity contribution in [2.75, 3.05) is 0 Å². The van der Waals surface area contributed by atoms with Gasteiger partial charge in [-0.3, -0.25) is 0 Å². The quantitative estimate of drug-likeness (QED) is 0.629. The molecule has 0 N–H and O–H groups in total. The summed E-state index contributed by atoms with van der Waals surface area (Å²) in [7, 11) is 0. The van der Waals surface area contributed by atoms with Crippen molar-refractivity contribution in [3.05, 3.63) is 77.5 Å². The topological polar surface area (TPSA) is 4.93 Å². The van der Waals surface area contributed by atoms with Gasteiger partial charge in [0.1, 0.15) is 0 Å². The first-order chi connectivity index (χ1) is 9.33. The van der Waals surface area contributed by atoms with Crippen LogP contribution in [0.15, 0.2) is 66.9 Å². The van der Waals surface area contributed by atoms with Gasteiger partial charge in [0.25, 0.3) is 0 Å². The second-order valence-electron chi connectivity index (χ2n) is 4.48.